The second-order valence-corrected chi connectivity index (χ2v) is 4.76. The molecule has 1 heterocycles. The first-order valence-corrected chi connectivity index (χ1v) is 5.57. The largest absolute Gasteiger partial charge is 0.298 e. The molecule has 3 nitrogen and oxygen atoms in total. The number of hydrogen-bond donors (Lipinski definition) is 0. The van der Waals surface area contributed by atoms with Crippen molar-refractivity contribution in [3.8, 4) is 0 Å². The van der Waals surface area contributed by atoms with Crippen molar-refractivity contribution in [1.29, 1.82) is 0 Å². The van der Waals surface area contributed by atoms with Gasteiger partial charge in [-0.3, -0.25) is 9.48 Å². The van der Waals surface area contributed by atoms with E-state index in [4.69, 9.17) is 11.6 Å². The summed E-state index contributed by atoms with van der Waals surface area (Å²) in [6, 6.07) is 0.178. The maximum absolute atomic E-state index is 10.9. The molecule has 1 aromatic heterocycles. The van der Waals surface area contributed by atoms with Crippen LogP contribution in [0, 0.1) is 5.92 Å². The van der Waals surface area contributed by atoms with Crippen molar-refractivity contribution >= 4 is 17.9 Å². The lowest BCUT2D eigenvalue weighted by molar-refractivity contribution is 0.112. The minimum absolute atomic E-state index is 0.178. The summed E-state index contributed by atoms with van der Waals surface area (Å²) in [5.41, 5.74) is 1.35. The average Bonchev–Trinajstić information content (AvgIpc) is 2.41. The highest BCUT2D eigenvalue weighted by atomic mass is 35.5. The Morgan fingerprint density at radius 1 is 1.40 bits per heavy atom. The number of aromatic nitrogens is 2. The third-order valence-corrected chi connectivity index (χ3v) is 2.55. The molecule has 0 spiro atoms. The zero-order valence-electron chi connectivity index (χ0n) is 9.62. The van der Waals surface area contributed by atoms with Crippen molar-refractivity contribution < 1.29 is 4.79 Å². The maximum atomic E-state index is 10.9. The summed E-state index contributed by atoms with van der Waals surface area (Å²) in [6.45, 7) is 8.17. The summed E-state index contributed by atoms with van der Waals surface area (Å²) in [6.07, 6.45) is 1.58. The monoisotopic (exact) mass is 228 g/mol. The fourth-order valence-corrected chi connectivity index (χ4v) is 1.85. The van der Waals surface area contributed by atoms with E-state index in [-0.39, 0.29) is 6.04 Å². The molecule has 1 aromatic rings. The van der Waals surface area contributed by atoms with Gasteiger partial charge in [0.05, 0.1) is 11.3 Å². The lowest BCUT2D eigenvalue weighted by Crippen LogP contribution is -2.04. The molecule has 0 aliphatic carbocycles. The van der Waals surface area contributed by atoms with E-state index in [0.717, 1.165) is 18.4 Å². The van der Waals surface area contributed by atoms with E-state index in [1.165, 1.54) is 0 Å². The molecule has 84 valence electrons. The number of carbonyl (C=O) groups is 1. The SMILES string of the molecule is CC(C)Cc1nn(C(C)C)c(Cl)c1C=O. The Labute approximate surface area is 95.4 Å². The molecule has 0 saturated carbocycles. The number of carbonyl (C=O) groups excluding carboxylic acids is 1. The summed E-state index contributed by atoms with van der Waals surface area (Å²) in [5.74, 6) is 0.468. The van der Waals surface area contributed by atoms with Crippen molar-refractivity contribution in [2.24, 2.45) is 5.92 Å². The molecule has 0 unspecified atom stereocenters. The third-order valence-electron chi connectivity index (χ3n) is 2.17. The standard InChI is InChI=1S/C11H17ClN2O/c1-7(2)5-10-9(6-15)11(12)14(13-10)8(3)4/h6-8H,5H2,1-4H3. The predicted octanol–water partition coefficient (Wildman–Crippen LogP) is 3.13. The Balaban J connectivity index is 3.15. The van der Waals surface area contributed by atoms with Gasteiger partial charge in [-0.2, -0.15) is 5.10 Å². The molecule has 0 aliphatic rings. The molecule has 0 atom stereocenters. The van der Waals surface area contributed by atoms with Gasteiger partial charge in [0.25, 0.3) is 0 Å². The van der Waals surface area contributed by atoms with Crippen LogP contribution in [0.4, 0.5) is 0 Å². The molecule has 0 radical (unpaired) electrons. The van der Waals surface area contributed by atoms with Crippen LogP contribution in [-0.4, -0.2) is 16.1 Å². The molecule has 4 heteroatoms. The minimum Gasteiger partial charge on any atom is -0.298 e. The summed E-state index contributed by atoms with van der Waals surface area (Å²) in [4.78, 5) is 10.9. The number of halogens is 1. The van der Waals surface area contributed by atoms with Gasteiger partial charge in [0.15, 0.2) is 6.29 Å². The Hall–Kier alpha value is -0.830. The van der Waals surface area contributed by atoms with Crippen LogP contribution < -0.4 is 0 Å². The summed E-state index contributed by atoms with van der Waals surface area (Å²) >= 11 is 6.08. The molecule has 0 bridgehead atoms. The van der Waals surface area contributed by atoms with Gasteiger partial charge >= 0.3 is 0 Å². The number of hydrogen-bond acceptors (Lipinski definition) is 2. The highest BCUT2D eigenvalue weighted by Crippen LogP contribution is 2.23. The molecule has 1 rings (SSSR count). The number of aldehydes is 1. The van der Waals surface area contributed by atoms with E-state index < -0.39 is 0 Å². The molecular weight excluding hydrogens is 212 g/mol. The van der Waals surface area contributed by atoms with E-state index in [1.54, 1.807) is 4.68 Å². The quantitative estimate of drug-likeness (QED) is 0.743. The second kappa shape index (κ2) is 4.79. The van der Waals surface area contributed by atoms with Crippen LogP contribution in [-0.2, 0) is 6.42 Å². The van der Waals surface area contributed by atoms with E-state index >= 15 is 0 Å². The molecule has 0 aromatic carbocycles. The van der Waals surface area contributed by atoms with Crippen LogP contribution in [0.5, 0.6) is 0 Å². The van der Waals surface area contributed by atoms with Crippen LogP contribution in [0.3, 0.4) is 0 Å². The first-order chi connectivity index (χ1) is 6.97. The smallest absolute Gasteiger partial charge is 0.155 e. The highest BCUT2D eigenvalue weighted by Gasteiger charge is 2.17. The van der Waals surface area contributed by atoms with Gasteiger partial charge in [-0.05, 0) is 26.2 Å². The van der Waals surface area contributed by atoms with Crippen molar-refractivity contribution in [3.63, 3.8) is 0 Å². The molecule has 0 aliphatic heterocycles. The molecule has 0 N–H and O–H groups in total. The lowest BCUT2D eigenvalue weighted by atomic mass is 10.1. The summed E-state index contributed by atoms with van der Waals surface area (Å²) in [5, 5.41) is 4.83. The van der Waals surface area contributed by atoms with Crippen LogP contribution in [0.25, 0.3) is 0 Å². The highest BCUT2D eigenvalue weighted by molar-refractivity contribution is 6.32. The Kier molecular flexibility index (Phi) is 3.91. The first kappa shape index (κ1) is 12.2. The predicted molar refractivity (Wildman–Crippen MR) is 61.6 cm³/mol. The van der Waals surface area contributed by atoms with E-state index in [0.29, 0.717) is 16.6 Å². The van der Waals surface area contributed by atoms with Gasteiger partial charge in [0, 0.05) is 6.04 Å². The summed E-state index contributed by atoms with van der Waals surface area (Å²) in [7, 11) is 0. The van der Waals surface area contributed by atoms with Crippen LogP contribution in [0.15, 0.2) is 0 Å². The van der Waals surface area contributed by atoms with Gasteiger partial charge in [-0.1, -0.05) is 25.4 Å². The van der Waals surface area contributed by atoms with Crippen LogP contribution >= 0.6 is 11.6 Å². The molecule has 15 heavy (non-hydrogen) atoms. The lowest BCUT2D eigenvalue weighted by Gasteiger charge is -2.05. The van der Waals surface area contributed by atoms with Gasteiger partial charge in [-0.15, -0.1) is 0 Å². The Morgan fingerprint density at radius 3 is 2.40 bits per heavy atom. The second-order valence-electron chi connectivity index (χ2n) is 4.41. The van der Waals surface area contributed by atoms with Crippen LogP contribution in [0.2, 0.25) is 5.15 Å². The van der Waals surface area contributed by atoms with Gasteiger partial charge in [-0.25, -0.2) is 0 Å². The zero-order valence-corrected chi connectivity index (χ0v) is 10.4. The average molecular weight is 229 g/mol. The van der Waals surface area contributed by atoms with E-state index in [2.05, 4.69) is 18.9 Å². The van der Waals surface area contributed by atoms with E-state index in [1.807, 2.05) is 13.8 Å². The van der Waals surface area contributed by atoms with Gasteiger partial charge in [0.1, 0.15) is 5.15 Å². The van der Waals surface area contributed by atoms with Gasteiger partial charge < -0.3 is 0 Å². The molecule has 0 fully saturated rings. The van der Waals surface area contributed by atoms with Gasteiger partial charge in [0.2, 0.25) is 0 Å². The molecule has 0 saturated heterocycles. The summed E-state index contributed by atoms with van der Waals surface area (Å²) < 4.78 is 1.70. The zero-order chi connectivity index (χ0) is 11.6. The Bertz CT molecular complexity index is 356. The molecular formula is C11H17ClN2O. The topological polar surface area (TPSA) is 34.9 Å². The minimum atomic E-state index is 0.178. The van der Waals surface area contributed by atoms with Crippen molar-refractivity contribution in [3.05, 3.63) is 16.4 Å². The van der Waals surface area contributed by atoms with Crippen molar-refractivity contribution in [2.45, 2.75) is 40.2 Å². The fourth-order valence-electron chi connectivity index (χ4n) is 1.47. The van der Waals surface area contributed by atoms with E-state index in [9.17, 15) is 4.79 Å². The fraction of sp³-hybridized carbons (Fsp3) is 0.636. The Morgan fingerprint density at radius 2 is 2.00 bits per heavy atom. The number of nitrogens with zero attached hydrogens (tertiary/aromatic N) is 2. The maximum Gasteiger partial charge on any atom is 0.155 e. The van der Waals surface area contributed by atoms with Crippen LogP contribution in [0.1, 0.15) is 49.8 Å². The first-order valence-electron chi connectivity index (χ1n) is 5.19. The van der Waals surface area contributed by atoms with Crippen molar-refractivity contribution in [2.75, 3.05) is 0 Å². The third kappa shape index (κ3) is 2.59. The molecule has 0 amide bonds. The number of rotatable bonds is 4. The van der Waals surface area contributed by atoms with Crippen molar-refractivity contribution in [1.82, 2.24) is 9.78 Å². The normalized spacial score (nSPS) is 11.4.